The van der Waals surface area contributed by atoms with Crippen molar-refractivity contribution in [3.05, 3.63) is 95.1 Å². The lowest BCUT2D eigenvalue weighted by Crippen LogP contribution is -2.22. The number of para-hydroxylation sites is 2. The van der Waals surface area contributed by atoms with Crippen LogP contribution in [-0.4, -0.2) is 37.7 Å². The predicted octanol–water partition coefficient (Wildman–Crippen LogP) is 2.91. The van der Waals surface area contributed by atoms with Gasteiger partial charge in [-0.05, 0) is 48.5 Å². The number of hydrogen-bond acceptors (Lipinski definition) is 4. The highest BCUT2D eigenvalue weighted by molar-refractivity contribution is 6.11. The van der Waals surface area contributed by atoms with Crippen molar-refractivity contribution >= 4 is 35.0 Å². The van der Waals surface area contributed by atoms with Crippen LogP contribution in [0.4, 0.5) is 11.4 Å². The second-order valence-electron chi connectivity index (χ2n) is 6.74. The number of benzene rings is 3. The van der Waals surface area contributed by atoms with Crippen LogP contribution in [0.3, 0.4) is 0 Å². The molecule has 0 spiro atoms. The summed E-state index contributed by atoms with van der Waals surface area (Å²) in [6.07, 6.45) is 0. The van der Waals surface area contributed by atoms with Crippen molar-refractivity contribution < 1.29 is 19.2 Å². The number of nitrogens with one attached hydrogen (secondary N) is 4. The quantitative estimate of drug-likeness (QED) is 0.481. The van der Waals surface area contributed by atoms with Crippen molar-refractivity contribution in [3.63, 3.8) is 0 Å². The van der Waals surface area contributed by atoms with Crippen LogP contribution in [0.5, 0.6) is 0 Å². The van der Waals surface area contributed by atoms with E-state index < -0.39 is 11.8 Å². The Morgan fingerprint density at radius 1 is 0.500 bits per heavy atom. The first-order valence-electron chi connectivity index (χ1n) is 9.79. The predicted molar refractivity (Wildman–Crippen MR) is 122 cm³/mol. The Labute approximate surface area is 185 Å². The summed E-state index contributed by atoms with van der Waals surface area (Å²) in [5.74, 6) is -1.47. The molecule has 0 unspecified atom stereocenters. The van der Waals surface area contributed by atoms with E-state index in [2.05, 4.69) is 21.3 Å². The molecule has 162 valence electrons. The van der Waals surface area contributed by atoms with Crippen LogP contribution in [0.15, 0.2) is 72.8 Å². The van der Waals surface area contributed by atoms with E-state index >= 15 is 0 Å². The van der Waals surface area contributed by atoms with Crippen LogP contribution in [0.25, 0.3) is 0 Å². The molecule has 8 nitrogen and oxygen atoms in total. The standard InChI is InChI=1S/C24H22N4O4/c1-25-23(31)17-7-3-5-9-19(17)27-21(29)15-11-13-16(14-12-15)22(30)28-20-10-6-4-8-18(20)24(32)26-2/h3-14H,1-2H3,(H,25,31)(H,26,32)(H,27,29)(H,28,30). The second-order valence-corrected chi connectivity index (χ2v) is 6.74. The second kappa shape index (κ2) is 10.0. The van der Waals surface area contributed by atoms with E-state index in [-0.39, 0.29) is 11.8 Å². The highest BCUT2D eigenvalue weighted by atomic mass is 16.2. The minimum Gasteiger partial charge on any atom is -0.355 e. The zero-order valence-electron chi connectivity index (χ0n) is 17.6. The van der Waals surface area contributed by atoms with Gasteiger partial charge in [0.15, 0.2) is 0 Å². The first-order valence-corrected chi connectivity index (χ1v) is 9.79. The van der Waals surface area contributed by atoms with Crippen molar-refractivity contribution in [1.82, 2.24) is 10.6 Å². The number of amides is 4. The van der Waals surface area contributed by atoms with Crippen LogP contribution in [0, 0.1) is 0 Å². The van der Waals surface area contributed by atoms with Gasteiger partial charge in [0.25, 0.3) is 23.6 Å². The van der Waals surface area contributed by atoms with E-state index in [0.717, 1.165) is 0 Å². The maximum atomic E-state index is 12.6. The van der Waals surface area contributed by atoms with Gasteiger partial charge in [0, 0.05) is 25.2 Å². The van der Waals surface area contributed by atoms with Crippen molar-refractivity contribution in [3.8, 4) is 0 Å². The molecule has 0 aliphatic rings. The smallest absolute Gasteiger partial charge is 0.255 e. The van der Waals surface area contributed by atoms with Gasteiger partial charge < -0.3 is 21.3 Å². The Morgan fingerprint density at radius 2 is 0.844 bits per heavy atom. The van der Waals surface area contributed by atoms with Gasteiger partial charge in [-0.2, -0.15) is 0 Å². The molecule has 8 heteroatoms. The minimum atomic E-state index is -0.418. The molecule has 4 amide bonds. The molecule has 0 aromatic heterocycles. The molecule has 0 saturated carbocycles. The summed E-state index contributed by atoms with van der Waals surface area (Å²) in [6.45, 7) is 0. The molecule has 4 N–H and O–H groups in total. The largest absolute Gasteiger partial charge is 0.355 e. The summed E-state index contributed by atoms with van der Waals surface area (Å²) in [7, 11) is 3.02. The summed E-state index contributed by atoms with van der Waals surface area (Å²) in [5.41, 5.74) is 2.08. The van der Waals surface area contributed by atoms with E-state index in [4.69, 9.17) is 0 Å². The lowest BCUT2D eigenvalue weighted by Gasteiger charge is -2.11. The fraction of sp³-hybridized carbons (Fsp3) is 0.0833. The zero-order chi connectivity index (χ0) is 23.1. The van der Waals surface area contributed by atoms with E-state index in [1.165, 1.54) is 38.4 Å². The Bertz CT molecular complexity index is 1080. The molecular formula is C24H22N4O4. The number of carbonyl (C=O) groups excluding carboxylic acids is 4. The van der Waals surface area contributed by atoms with E-state index in [1.807, 2.05) is 0 Å². The lowest BCUT2D eigenvalue weighted by atomic mass is 10.1. The molecule has 3 aromatic carbocycles. The molecule has 0 atom stereocenters. The fourth-order valence-corrected chi connectivity index (χ4v) is 3.01. The molecule has 0 aliphatic carbocycles. The molecule has 0 bridgehead atoms. The third-order valence-corrected chi connectivity index (χ3v) is 4.70. The lowest BCUT2D eigenvalue weighted by molar-refractivity contribution is 0.0954. The first kappa shape index (κ1) is 22.2. The summed E-state index contributed by atoms with van der Waals surface area (Å²) >= 11 is 0. The highest BCUT2D eigenvalue weighted by Crippen LogP contribution is 2.18. The van der Waals surface area contributed by atoms with Gasteiger partial charge in [-0.1, -0.05) is 24.3 Å². The van der Waals surface area contributed by atoms with Gasteiger partial charge in [0.05, 0.1) is 22.5 Å². The molecule has 0 radical (unpaired) electrons. The molecule has 3 aromatic rings. The van der Waals surface area contributed by atoms with Gasteiger partial charge in [-0.25, -0.2) is 0 Å². The van der Waals surface area contributed by atoms with Gasteiger partial charge >= 0.3 is 0 Å². The van der Waals surface area contributed by atoms with Crippen LogP contribution in [0.2, 0.25) is 0 Å². The van der Waals surface area contributed by atoms with E-state index in [9.17, 15) is 19.2 Å². The van der Waals surface area contributed by atoms with Crippen LogP contribution < -0.4 is 21.3 Å². The van der Waals surface area contributed by atoms with Gasteiger partial charge in [0.1, 0.15) is 0 Å². The molecule has 0 fully saturated rings. The Balaban J connectivity index is 1.73. The Morgan fingerprint density at radius 3 is 1.19 bits per heavy atom. The van der Waals surface area contributed by atoms with Gasteiger partial charge in [-0.3, -0.25) is 19.2 Å². The molecule has 32 heavy (non-hydrogen) atoms. The topological polar surface area (TPSA) is 116 Å². The van der Waals surface area contributed by atoms with Gasteiger partial charge in [-0.15, -0.1) is 0 Å². The van der Waals surface area contributed by atoms with Crippen molar-refractivity contribution in [2.45, 2.75) is 0 Å². The number of anilines is 2. The highest BCUT2D eigenvalue weighted by Gasteiger charge is 2.15. The first-order chi connectivity index (χ1) is 15.4. The van der Waals surface area contributed by atoms with Crippen molar-refractivity contribution in [1.29, 1.82) is 0 Å². The minimum absolute atomic E-state index is 0.315. The van der Waals surface area contributed by atoms with Crippen LogP contribution in [-0.2, 0) is 0 Å². The maximum absolute atomic E-state index is 12.6. The zero-order valence-corrected chi connectivity index (χ0v) is 17.6. The maximum Gasteiger partial charge on any atom is 0.255 e. The molecular weight excluding hydrogens is 408 g/mol. The Kier molecular flexibility index (Phi) is 6.97. The third-order valence-electron chi connectivity index (χ3n) is 4.70. The summed E-state index contributed by atoms with van der Waals surface area (Å²) < 4.78 is 0. The molecule has 0 aliphatic heterocycles. The molecule has 0 heterocycles. The van der Waals surface area contributed by atoms with Gasteiger partial charge in [0.2, 0.25) is 0 Å². The average molecular weight is 430 g/mol. The van der Waals surface area contributed by atoms with E-state index in [0.29, 0.717) is 33.6 Å². The van der Waals surface area contributed by atoms with E-state index in [1.54, 1.807) is 48.5 Å². The number of rotatable bonds is 6. The van der Waals surface area contributed by atoms with Crippen molar-refractivity contribution in [2.24, 2.45) is 0 Å². The summed E-state index contributed by atoms with van der Waals surface area (Å²) in [4.78, 5) is 49.2. The molecule has 3 rings (SSSR count). The van der Waals surface area contributed by atoms with Crippen molar-refractivity contribution in [2.75, 3.05) is 24.7 Å². The normalized spacial score (nSPS) is 10.1. The SMILES string of the molecule is CNC(=O)c1ccccc1NC(=O)c1ccc(C(=O)Nc2ccccc2C(=O)NC)cc1. The average Bonchev–Trinajstić information content (AvgIpc) is 2.83. The summed E-state index contributed by atoms with van der Waals surface area (Å²) in [6, 6.07) is 19.4. The molecule has 0 saturated heterocycles. The Hall–Kier alpha value is -4.46. The number of hydrogen-bond donors (Lipinski definition) is 4. The number of carbonyl (C=O) groups is 4. The van der Waals surface area contributed by atoms with Crippen LogP contribution >= 0.6 is 0 Å². The monoisotopic (exact) mass is 430 g/mol. The van der Waals surface area contributed by atoms with Crippen LogP contribution in [0.1, 0.15) is 41.4 Å². The third kappa shape index (κ3) is 4.99. The fourth-order valence-electron chi connectivity index (χ4n) is 3.01. The summed E-state index contributed by atoms with van der Waals surface area (Å²) in [5, 5.41) is 10.5.